The van der Waals surface area contributed by atoms with Crippen molar-refractivity contribution in [2.24, 2.45) is 0 Å². The molecule has 52 valence electrons. The Morgan fingerprint density at radius 3 is 2.67 bits per heavy atom. The van der Waals surface area contributed by atoms with Crippen molar-refractivity contribution in [1.29, 1.82) is 0 Å². The molecule has 0 aromatic heterocycles. The highest BCUT2D eigenvalue weighted by molar-refractivity contribution is 8.17. The van der Waals surface area contributed by atoms with Crippen LogP contribution in [0.3, 0.4) is 0 Å². The van der Waals surface area contributed by atoms with Crippen LogP contribution in [-0.4, -0.2) is 18.8 Å². The zero-order chi connectivity index (χ0) is 6.91. The first-order valence-corrected chi connectivity index (χ1v) is 4.57. The Kier molecular flexibility index (Phi) is 1.69. The maximum absolute atomic E-state index is 10.3. The predicted molar refractivity (Wildman–Crippen MR) is 35.2 cm³/mol. The van der Waals surface area contributed by atoms with Gasteiger partial charge in [0.2, 0.25) is 0 Å². The Bertz CT molecular complexity index is 229. The van der Waals surface area contributed by atoms with Gasteiger partial charge in [-0.05, 0) is 0 Å². The summed E-state index contributed by atoms with van der Waals surface area (Å²) in [7, 11) is -3.94. The third-order valence-corrected chi connectivity index (χ3v) is 3.10. The zero-order valence-corrected chi connectivity index (χ0v) is 6.00. The Morgan fingerprint density at radius 2 is 2.44 bits per heavy atom. The second-order valence-corrected chi connectivity index (χ2v) is 4.10. The fourth-order valence-electron chi connectivity index (χ4n) is 0.428. The molecule has 1 aliphatic rings. The van der Waals surface area contributed by atoms with Crippen molar-refractivity contribution in [2.45, 2.75) is 0 Å². The topological polar surface area (TPSA) is 66.4 Å². The summed E-state index contributed by atoms with van der Waals surface area (Å²) in [5, 5.41) is 2.64. The molecular weight excluding hydrogens is 162 g/mol. The molecule has 0 radical (unpaired) electrons. The second kappa shape index (κ2) is 2.20. The summed E-state index contributed by atoms with van der Waals surface area (Å²) in [5.41, 5.74) is 0. The molecule has 2 N–H and O–H groups in total. The fraction of sp³-hybridized carbons (Fsp3) is 0.333. The maximum atomic E-state index is 10.3. The third-order valence-electron chi connectivity index (χ3n) is 0.772. The summed E-state index contributed by atoms with van der Waals surface area (Å²) >= 11 is 1.06. The number of hydrogen-bond donors (Lipinski definition) is 2. The average Bonchev–Trinajstić information content (AvgIpc) is 2.08. The molecule has 1 aliphatic heterocycles. The minimum atomic E-state index is -3.94. The first kappa shape index (κ1) is 6.91. The minimum absolute atomic E-state index is 0.0116. The monoisotopic (exact) mass is 167 g/mol. The van der Waals surface area contributed by atoms with Crippen LogP contribution in [0.1, 0.15) is 0 Å². The number of hydrogen-bond acceptors (Lipinski definition) is 4. The van der Waals surface area contributed by atoms with E-state index in [0.717, 1.165) is 11.8 Å². The fourth-order valence-corrected chi connectivity index (χ4v) is 1.91. The molecule has 1 heterocycles. The van der Waals surface area contributed by atoms with Crippen molar-refractivity contribution in [3.8, 4) is 0 Å². The zero-order valence-electron chi connectivity index (χ0n) is 4.36. The minimum Gasteiger partial charge on any atom is -0.380 e. The molecule has 0 unspecified atom stereocenters. The quantitative estimate of drug-likeness (QED) is 0.537. The van der Waals surface area contributed by atoms with Crippen molar-refractivity contribution in [3.05, 3.63) is 10.4 Å². The summed E-state index contributed by atoms with van der Waals surface area (Å²) in [6.07, 6.45) is 1.28. The van der Waals surface area contributed by atoms with Crippen molar-refractivity contribution in [2.75, 3.05) is 5.88 Å². The summed E-state index contributed by atoms with van der Waals surface area (Å²) in [6.45, 7) is 0. The van der Waals surface area contributed by atoms with E-state index >= 15 is 0 Å². The summed E-state index contributed by atoms with van der Waals surface area (Å²) in [6, 6.07) is 0. The lowest BCUT2D eigenvalue weighted by atomic mass is 11.0. The van der Waals surface area contributed by atoms with E-state index in [-0.39, 0.29) is 4.24 Å². The van der Waals surface area contributed by atoms with Gasteiger partial charge in [0.15, 0.2) is 0 Å². The molecule has 0 aromatic carbocycles. The van der Waals surface area contributed by atoms with Crippen LogP contribution in [0.15, 0.2) is 10.4 Å². The first-order chi connectivity index (χ1) is 4.11. The van der Waals surface area contributed by atoms with E-state index in [1.165, 1.54) is 6.20 Å². The Labute approximate surface area is 57.1 Å². The van der Waals surface area contributed by atoms with Crippen molar-refractivity contribution < 1.29 is 13.0 Å². The van der Waals surface area contributed by atoms with Gasteiger partial charge >= 0.3 is 10.1 Å². The maximum Gasteiger partial charge on any atom is 0.302 e. The largest absolute Gasteiger partial charge is 0.380 e. The van der Waals surface area contributed by atoms with Gasteiger partial charge in [-0.15, -0.1) is 0 Å². The molecule has 0 aromatic rings. The average molecular weight is 167 g/mol. The summed E-state index contributed by atoms with van der Waals surface area (Å²) in [5.74, 6) is 0.509. The van der Waals surface area contributed by atoms with Crippen LogP contribution < -0.4 is 5.32 Å². The number of thioether (sulfide) groups is 1. The molecule has 0 spiro atoms. The van der Waals surface area contributed by atoms with Gasteiger partial charge in [0.05, 0.1) is 5.88 Å². The van der Waals surface area contributed by atoms with Gasteiger partial charge in [-0.2, -0.15) is 8.42 Å². The van der Waals surface area contributed by atoms with Crippen LogP contribution in [0, 0.1) is 0 Å². The van der Waals surface area contributed by atoms with Gasteiger partial charge in [0.1, 0.15) is 4.24 Å². The molecular formula is C3H5NO3S2. The third kappa shape index (κ3) is 1.60. The van der Waals surface area contributed by atoms with Gasteiger partial charge in [0.25, 0.3) is 0 Å². The Hall–Kier alpha value is -0.200. The van der Waals surface area contributed by atoms with Gasteiger partial charge in [-0.3, -0.25) is 4.55 Å². The molecule has 0 fully saturated rings. The molecule has 0 bridgehead atoms. The van der Waals surface area contributed by atoms with E-state index in [1.54, 1.807) is 0 Å². The van der Waals surface area contributed by atoms with Crippen LogP contribution in [0.5, 0.6) is 0 Å². The van der Waals surface area contributed by atoms with Crippen LogP contribution in [0.4, 0.5) is 0 Å². The van der Waals surface area contributed by atoms with Crippen LogP contribution in [-0.2, 0) is 10.1 Å². The van der Waals surface area contributed by atoms with Crippen molar-refractivity contribution in [3.63, 3.8) is 0 Å². The number of nitrogens with one attached hydrogen (secondary N) is 1. The van der Waals surface area contributed by atoms with Gasteiger partial charge in [-0.25, -0.2) is 0 Å². The smallest absolute Gasteiger partial charge is 0.302 e. The van der Waals surface area contributed by atoms with E-state index in [9.17, 15) is 8.42 Å². The molecule has 1 rings (SSSR count). The van der Waals surface area contributed by atoms with E-state index in [0.29, 0.717) is 5.88 Å². The van der Waals surface area contributed by atoms with E-state index in [4.69, 9.17) is 4.55 Å². The van der Waals surface area contributed by atoms with Gasteiger partial charge < -0.3 is 5.32 Å². The lowest BCUT2D eigenvalue weighted by Gasteiger charge is -1.90. The SMILES string of the molecule is O=S(=O)(O)C1=CNCS1. The summed E-state index contributed by atoms with van der Waals surface area (Å²) < 4.78 is 28.9. The molecule has 9 heavy (non-hydrogen) atoms. The van der Waals surface area contributed by atoms with Crippen molar-refractivity contribution in [1.82, 2.24) is 5.32 Å². The first-order valence-electron chi connectivity index (χ1n) is 2.14. The van der Waals surface area contributed by atoms with E-state index in [2.05, 4.69) is 5.32 Å². The Balaban J connectivity index is 2.87. The van der Waals surface area contributed by atoms with Crippen LogP contribution in [0.2, 0.25) is 0 Å². The highest BCUT2D eigenvalue weighted by atomic mass is 32.3. The van der Waals surface area contributed by atoms with E-state index in [1.807, 2.05) is 0 Å². The van der Waals surface area contributed by atoms with E-state index < -0.39 is 10.1 Å². The standard InChI is InChI=1S/C3H5NO3S2/c5-9(6,7)3-1-4-2-8-3/h1,4H,2H2,(H,5,6,7). The lowest BCUT2D eigenvalue weighted by Crippen LogP contribution is -1.96. The summed E-state index contributed by atoms with van der Waals surface area (Å²) in [4.78, 5) is 0. The normalized spacial score (nSPS) is 19.0. The highest BCUT2D eigenvalue weighted by Gasteiger charge is 2.17. The number of rotatable bonds is 1. The van der Waals surface area contributed by atoms with Crippen LogP contribution >= 0.6 is 11.8 Å². The highest BCUT2D eigenvalue weighted by Crippen LogP contribution is 2.22. The Morgan fingerprint density at radius 1 is 1.78 bits per heavy atom. The second-order valence-electron chi connectivity index (χ2n) is 1.43. The van der Waals surface area contributed by atoms with Crippen molar-refractivity contribution >= 4 is 21.9 Å². The van der Waals surface area contributed by atoms with Gasteiger partial charge in [0, 0.05) is 6.20 Å². The molecule has 0 saturated heterocycles. The molecule has 0 amide bonds. The molecule has 0 saturated carbocycles. The van der Waals surface area contributed by atoms with Gasteiger partial charge in [-0.1, -0.05) is 11.8 Å². The van der Waals surface area contributed by atoms with Crippen LogP contribution in [0.25, 0.3) is 0 Å². The molecule has 0 atom stereocenters. The predicted octanol–water partition coefficient (Wildman–Crippen LogP) is -0.0330. The molecule has 6 heteroatoms. The lowest BCUT2D eigenvalue weighted by molar-refractivity contribution is 0.493. The molecule has 4 nitrogen and oxygen atoms in total. The molecule has 0 aliphatic carbocycles.